The summed E-state index contributed by atoms with van der Waals surface area (Å²) in [5.74, 6) is 0. The molecule has 300 valence electrons. The van der Waals surface area contributed by atoms with Gasteiger partial charge in [-0.25, -0.2) is 0 Å². The third-order valence-electron chi connectivity index (χ3n) is 13.3. The second-order valence-electron chi connectivity index (χ2n) is 17.3. The van der Waals surface area contributed by atoms with E-state index in [1.165, 1.54) is 94.2 Å². The molecule has 0 N–H and O–H groups in total. The van der Waals surface area contributed by atoms with E-state index >= 15 is 0 Å². The lowest BCUT2D eigenvalue weighted by molar-refractivity contribution is 0.660. The summed E-state index contributed by atoms with van der Waals surface area (Å²) in [5.41, 5.74) is 22.1. The first kappa shape index (κ1) is 38.2. The number of fused-ring (bicyclic) bond motifs is 4. The molecule has 63 heavy (non-hydrogen) atoms. The highest BCUT2D eigenvalue weighted by molar-refractivity contribution is 6.05. The summed E-state index contributed by atoms with van der Waals surface area (Å²) < 4.78 is 0. The molecule has 1 aliphatic rings. The minimum Gasteiger partial charge on any atom is -0.310 e. The van der Waals surface area contributed by atoms with Crippen molar-refractivity contribution in [2.75, 3.05) is 4.90 Å². The summed E-state index contributed by atoms with van der Waals surface area (Å²) in [7, 11) is 0. The van der Waals surface area contributed by atoms with Gasteiger partial charge in [-0.05, 0) is 138 Å². The van der Waals surface area contributed by atoms with Crippen LogP contribution in [0.5, 0.6) is 0 Å². The average Bonchev–Trinajstić information content (AvgIpc) is 3.57. The fraction of sp³-hybridized carbons (Fsp3) is 0.0645. The first-order valence-corrected chi connectivity index (χ1v) is 22.0. The van der Waals surface area contributed by atoms with E-state index in [2.05, 4.69) is 256 Å². The molecule has 1 aliphatic carbocycles. The van der Waals surface area contributed by atoms with E-state index < -0.39 is 0 Å². The Morgan fingerprint density at radius 3 is 1.46 bits per heavy atom. The molecule has 0 atom stereocenters. The Labute approximate surface area is 371 Å². The molecule has 1 heteroatoms. The summed E-state index contributed by atoms with van der Waals surface area (Å²) in [6, 6.07) is 84.6. The average molecular weight is 806 g/mol. The van der Waals surface area contributed by atoms with Crippen molar-refractivity contribution in [3.8, 4) is 66.8 Å². The van der Waals surface area contributed by atoms with E-state index in [9.17, 15) is 0 Å². The van der Waals surface area contributed by atoms with Gasteiger partial charge in [-0.2, -0.15) is 0 Å². The van der Waals surface area contributed by atoms with Gasteiger partial charge in [0.2, 0.25) is 0 Å². The molecule has 0 saturated heterocycles. The predicted molar refractivity (Wildman–Crippen MR) is 268 cm³/mol. The van der Waals surface area contributed by atoms with E-state index in [1.54, 1.807) is 0 Å². The molecule has 0 saturated carbocycles. The molecule has 10 aromatic rings. The highest BCUT2D eigenvalue weighted by Gasteiger charge is 2.35. The minimum absolute atomic E-state index is 0.127. The standard InChI is InChI=1S/C62H47N/c1-42-17-10-12-23-51(42)61-54-24-13-11-22-45(54)33-39-55(61)46-29-34-48(35-30-46)63(50-38-40-57-56-25-14-15-28-58(56)62(2,3)59(57)41-50)49-36-31-47(32-37-49)60-52(43-18-6-4-7-19-43)26-16-27-53(60)44-20-8-5-9-21-44/h4-41H,1-3H3. The number of rotatable bonds is 8. The molecule has 11 rings (SSSR count). The molecule has 0 radical (unpaired) electrons. The molecule has 0 spiro atoms. The van der Waals surface area contributed by atoms with Gasteiger partial charge in [-0.15, -0.1) is 0 Å². The summed E-state index contributed by atoms with van der Waals surface area (Å²) in [6.45, 7) is 6.94. The zero-order valence-corrected chi connectivity index (χ0v) is 35.9. The molecule has 0 aromatic heterocycles. The molecule has 1 nitrogen and oxygen atoms in total. The molecule has 0 aliphatic heterocycles. The zero-order valence-electron chi connectivity index (χ0n) is 35.9. The SMILES string of the molecule is Cc1ccccc1-c1c(-c2ccc(N(c3ccc(-c4c(-c5ccccc5)cccc4-c4ccccc4)cc3)c3ccc4c(c3)C(C)(C)c3ccccc3-4)cc2)ccc2ccccc12. The maximum atomic E-state index is 2.43. The van der Waals surface area contributed by atoms with Crippen molar-refractivity contribution in [1.29, 1.82) is 0 Å². The van der Waals surface area contributed by atoms with E-state index in [0.717, 1.165) is 17.1 Å². The Hall–Kier alpha value is -7.74. The number of benzene rings is 10. The van der Waals surface area contributed by atoms with Crippen molar-refractivity contribution in [3.05, 3.63) is 247 Å². The number of nitrogens with zero attached hydrogens (tertiary/aromatic N) is 1. The van der Waals surface area contributed by atoms with Crippen LogP contribution in [0.4, 0.5) is 17.1 Å². The van der Waals surface area contributed by atoms with Crippen molar-refractivity contribution < 1.29 is 0 Å². The smallest absolute Gasteiger partial charge is 0.0465 e. The maximum Gasteiger partial charge on any atom is 0.0465 e. The third kappa shape index (κ3) is 6.65. The van der Waals surface area contributed by atoms with Crippen LogP contribution in [0.25, 0.3) is 77.5 Å². The summed E-state index contributed by atoms with van der Waals surface area (Å²) >= 11 is 0. The fourth-order valence-electron chi connectivity index (χ4n) is 10.1. The van der Waals surface area contributed by atoms with Gasteiger partial charge in [0, 0.05) is 22.5 Å². The van der Waals surface area contributed by atoms with Crippen LogP contribution >= 0.6 is 0 Å². The summed E-state index contributed by atoms with van der Waals surface area (Å²) in [4.78, 5) is 2.43. The normalized spacial score (nSPS) is 12.5. The molecule has 0 fully saturated rings. The second kappa shape index (κ2) is 15.6. The fourth-order valence-corrected chi connectivity index (χ4v) is 10.1. The van der Waals surface area contributed by atoms with Gasteiger partial charge in [-0.1, -0.05) is 208 Å². The van der Waals surface area contributed by atoms with Crippen molar-refractivity contribution in [2.24, 2.45) is 0 Å². The van der Waals surface area contributed by atoms with E-state index in [1.807, 2.05) is 0 Å². The van der Waals surface area contributed by atoms with Crippen molar-refractivity contribution in [1.82, 2.24) is 0 Å². The largest absolute Gasteiger partial charge is 0.310 e. The maximum absolute atomic E-state index is 2.43. The number of aryl methyl sites for hydroxylation is 1. The molecule has 0 bridgehead atoms. The first-order valence-electron chi connectivity index (χ1n) is 22.0. The summed E-state index contributed by atoms with van der Waals surface area (Å²) in [5, 5.41) is 2.51. The lowest BCUT2D eigenvalue weighted by Gasteiger charge is -2.28. The Balaban J connectivity index is 1.06. The highest BCUT2D eigenvalue weighted by Crippen LogP contribution is 2.51. The second-order valence-corrected chi connectivity index (χ2v) is 17.3. The lowest BCUT2D eigenvalue weighted by atomic mass is 9.82. The summed E-state index contributed by atoms with van der Waals surface area (Å²) in [6.07, 6.45) is 0. The van der Waals surface area contributed by atoms with Crippen LogP contribution in [-0.2, 0) is 5.41 Å². The molecule has 0 heterocycles. The lowest BCUT2D eigenvalue weighted by Crippen LogP contribution is -2.16. The zero-order chi connectivity index (χ0) is 42.5. The van der Waals surface area contributed by atoms with E-state index in [0.29, 0.717) is 0 Å². The third-order valence-corrected chi connectivity index (χ3v) is 13.3. The quantitative estimate of drug-likeness (QED) is 0.148. The Morgan fingerprint density at radius 2 is 0.794 bits per heavy atom. The van der Waals surface area contributed by atoms with Gasteiger partial charge in [0.25, 0.3) is 0 Å². The van der Waals surface area contributed by atoms with Crippen LogP contribution in [-0.4, -0.2) is 0 Å². The minimum atomic E-state index is -0.127. The Kier molecular flexibility index (Phi) is 9.47. The van der Waals surface area contributed by atoms with Gasteiger partial charge in [-0.3, -0.25) is 0 Å². The monoisotopic (exact) mass is 805 g/mol. The van der Waals surface area contributed by atoms with Crippen LogP contribution in [0.2, 0.25) is 0 Å². The Morgan fingerprint density at radius 1 is 0.317 bits per heavy atom. The topological polar surface area (TPSA) is 3.24 Å². The number of anilines is 3. The number of hydrogen-bond donors (Lipinski definition) is 0. The van der Waals surface area contributed by atoms with Crippen LogP contribution < -0.4 is 4.90 Å². The van der Waals surface area contributed by atoms with Crippen molar-refractivity contribution in [3.63, 3.8) is 0 Å². The van der Waals surface area contributed by atoms with Gasteiger partial charge in [0.15, 0.2) is 0 Å². The highest BCUT2D eigenvalue weighted by atomic mass is 15.1. The van der Waals surface area contributed by atoms with Crippen LogP contribution in [0.15, 0.2) is 231 Å². The molecule has 0 amide bonds. The molecular formula is C62H47N. The van der Waals surface area contributed by atoms with Crippen LogP contribution in [0, 0.1) is 6.92 Å². The van der Waals surface area contributed by atoms with Gasteiger partial charge in [0.05, 0.1) is 0 Å². The van der Waals surface area contributed by atoms with Crippen LogP contribution in [0.3, 0.4) is 0 Å². The Bertz CT molecular complexity index is 3230. The van der Waals surface area contributed by atoms with Crippen LogP contribution in [0.1, 0.15) is 30.5 Å². The molecule has 10 aromatic carbocycles. The first-order chi connectivity index (χ1) is 30.9. The predicted octanol–water partition coefficient (Wildman–Crippen LogP) is 17.3. The number of hydrogen-bond acceptors (Lipinski definition) is 1. The van der Waals surface area contributed by atoms with Gasteiger partial charge < -0.3 is 4.90 Å². The van der Waals surface area contributed by atoms with Crippen molar-refractivity contribution >= 4 is 27.8 Å². The van der Waals surface area contributed by atoms with Gasteiger partial charge >= 0.3 is 0 Å². The molecular weight excluding hydrogens is 759 g/mol. The van der Waals surface area contributed by atoms with Crippen molar-refractivity contribution in [2.45, 2.75) is 26.2 Å². The van der Waals surface area contributed by atoms with E-state index in [4.69, 9.17) is 0 Å². The van der Waals surface area contributed by atoms with Gasteiger partial charge in [0.1, 0.15) is 0 Å². The van der Waals surface area contributed by atoms with E-state index in [-0.39, 0.29) is 5.41 Å². The molecule has 0 unspecified atom stereocenters.